The Morgan fingerprint density at radius 1 is 1.67 bits per heavy atom. The van der Waals surface area contributed by atoms with Crippen LogP contribution in [0.2, 0.25) is 0 Å². The maximum absolute atomic E-state index is 11.7. The molecule has 0 bridgehead atoms. The Kier molecular flexibility index (Phi) is 4.76. The van der Waals surface area contributed by atoms with E-state index in [0.29, 0.717) is 6.54 Å². The third-order valence-electron chi connectivity index (χ3n) is 2.12. The molecule has 1 heterocycles. The molecule has 0 radical (unpaired) electrons. The van der Waals surface area contributed by atoms with Crippen molar-refractivity contribution < 1.29 is 4.79 Å². The number of hydrogen-bond donors (Lipinski definition) is 2. The molecule has 84 valence electrons. The molecule has 1 atom stereocenters. The highest BCUT2D eigenvalue weighted by molar-refractivity contribution is 9.11. The van der Waals surface area contributed by atoms with Gasteiger partial charge in [-0.1, -0.05) is 0 Å². The van der Waals surface area contributed by atoms with Crippen LogP contribution in [0.25, 0.3) is 0 Å². The number of amides is 1. The van der Waals surface area contributed by atoms with Crippen molar-refractivity contribution in [3.05, 3.63) is 20.3 Å². The number of nitrogens with one attached hydrogen (secondary N) is 2. The molecule has 1 amide bonds. The normalized spacial score (nSPS) is 12.5. The standard InChI is InChI=1S/C10H15BrN2OS/c1-6(12-3)5-13-10(14)8-4-7(2)15-9(8)11/h4,6,12H,5H2,1-3H3,(H,13,14). The predicted octanol–water partition coefficient (Wildman–Crippen LogP) is 2.16. The van der Waals surface area contributed by atoms with E-state index in [2.05, 4.69) is 26.6 Å². The minimum absolute atomic E-state index is 0.0201. The molecule has 0 spiro atoms. The fourth-order valence-electron chi connectivity index (χ4n) is 1.08. The van der Waals surface area contributed by atoms with Crippen LogP contribution >= 0.6 is 27.3 Å². The van der Waals surface area contributed by atoms with Gasteiger partial charge in [0.25, 0.3) is 5.91 Å². The summed E-state index contributed by atoms with van der Waals surface area (Å²) < 4.78 is 0.898. The SMILES string of the molecule is CNC(C)CNC(=O)c1cc(C)sc1Br. The molecule has 2 N–H and O–H groups in total. The molecule has 1 rings (SSSR count). The molecule has 15 heavy (non-hydrogen) atoms. The Labute approximate surface area is 102 Å². The topological polar surface area (TPSA) is 41.1 Å². The molecular weight excluding hydrogens is 276 g/mol. The molecule has 1 unspecified atom stereocenters. The molecule has 1 aromatic heterocycles. The minimum atomic E-state index is -0.0201. The number of halogens is 1. The van der Waals surface area contributed by atoms with Crippen LogP contribution in [0.15, 0.2) is 9.85 Å². The molecule has 5 heteroatoms. The average Bonchev–Trinajstić information content (AvgIpc) is 2.53. The van der Waals surface area contributed by atoms with Gasteiger partial charge in [-0.05, 0) is 42.9 Å². The summed E-state index contributed by atoms with van der Waals surface area (Å²) in [5.41, 5.74) is 0.723. The fraction of sp³-hybridized carbons (Fsp3) is 0.500. The largest absolute Gasteiger partial charge is 0.350 e. The number of thiophene rings is 1. The zero-order valence-corrected chi connectivity index (χ0v) is 11.5. The Hall–Kier alpha value is -0.390. The van der Waals surface area contributed by atoms with Gasteiger partial charge in [-0.15, -0.1) is 11.3 Å². The van der Waals surface area contributed by atoms with Crippen LogP contribution in [0.1, 0.15) is 22.2 Å². The summed E-state index contributed by atoms with van der Waals surface area (Å²) in [6, 6.07) is 2.18. The van der Waals surface area contributed by atoms with Crippen molar-refractivity contribution in [2.45, 2.75) is 19.9 Å². The maximum Gasteiger partial charge on any atom is 0.253 e. The summed E-state index contributed by atoms with van der Waals surface area (Å²) in [5, 5.41) is 5.95. The minimum Gasteiger partial charge on any atom is -0.350 e. The third-order valence-corrected chi connectivity index (χ3v) is 3.87. The van der Waals surface area contributed by atoms with E-state index in [0.717, 1.165) is 14.2 Å². The van der Waals surface area contributed by atoms with Crippen molar-refractivity contribution in [1.82, 2.24) is 10.6 Å². The summed E-state index contributed by atoms with van der Waals surface area (Å²) in [6.07, 6.45) is 0. The second-order valence-electron chi connectivity index (χ2n) is 3.44. The van der Waals surface area contributed by atoms with Gasteiger partial charge in [0.05, 0.1) is 9.35 Å². The lowest BCUT2D eigenvalue weighted by Gasteiger charge is -2.10. The predicted molar refractivity (Wildman–Crippen MR) is 67.6 cm³/mol. The monoisotopic (exact) mass is 290 g/mol. The molecule has 0 saturated heterocycles. The van der Waals surface area contributed by atoms with Crippen LogP contribution < -0.4 is 10.6 Å². The van der Waals surface area contributed by atoms with Gasteiger partial charge in [-0.25, -0.2) is 0 Å². The van der Waals surface area contributed by atoms with Crippen LogP contribution in [-0.2, 0) is 0 Å². The molecule has 0 aliphatic heterocycles. The number of aryl methyl sites for hydroxylation is 1. The molecule has 0 aliphatic carbocycles. The van der Waals surface area contributed by atoms with E-state index in [1.54, 1.807) is 11.3 Å². The van der Waals surface area contributed by atoms with Gasteiger partial charge in [-0.3, -0.25) is 4.79 Å². The van der Waals surface area contributed by atoms with E-state index in [1.165, 1.54) is 0 Å². The number of rotatable bonds is 4. The van der Waals surface area contributed by atoms with Crippen LogP contribution in [0.3, 0.4) is 0 Å². The molecule has 0 fully saturated rings. The second kappa shape index (κ2) is 5.63. The van der Waals surface area contributed by atoms with Gasteiger partial charge >= 0.3 is 0 Å². The highest BCUT2D eigenvalue weighted by Gasteiger charge is 2.12. The summed E-state index contributed by atoms with van der Waals surface area (Å²) in [6.45, 7) is 4.65. The highest BCUT2D eigenvalue weighted by atomic mass is 79.9. The Balaban J connectivity index is 2.58. The number of carbonyl (C=O) groups excluding carboxylic acids is 1. The lowest BCUT2D eigenvalue weighted by atomic mass is 10.3. The van der Waals surface area contributed by atoms with Gasteiger partial charge in [0.1, 0.15) is 0 Å². The summed E-state index contributed by atoms with van der Waals surface area (Å²) in [4.78, 5) is 12.9. The second-order valence-corrected chi connectivity index (χ2v) is 6.02. The first-order valence-corrected chi connectivity index (χ1v) is 6.37. The van der Waals surface area contributed by atoms with Crippen LogP contribution in [0, 0.1) is 6.92 Å². The number of carbonyl (C=O) groups is 1. The van der Waals surface area contributed by atoms with E-state index < -0.39 is 0 Å². The third kappa shape index (κ3) is 3.59. The van der Waals surface area contributed by atoms with Crippen LogP contribution in [0.4, 0.5) is 0 Å². The zero-order valence-electron chi connectivity index (χ0n) is 9.06. The van der Waals surface area contributed by atoms with Gasteiger partial charge in [0, 0.05) is 17.5 Å². The van der Waals surface area contributed by atoms with Gasteiger partial charge in [0.2, 0.25) is 0 Å². The first-order valence-electron chi connectivity index (χ1n) is 4.76. The smallest absolute Gasteiger partial charge is 0.253 e. The Bertz CT molecular complexity index is 351. The van der Waals surface area contributed by atoms with Gasteiger partial charge < -0.3 is 10.6 Å². The number of likely N-dealkylation sites (N-methyl/N-ethyl adjacent to an activating group) is 1. The summed E-state index contributed by atoms with van der Waals surface area (Å²) in [5.74, 6) is -0.0201. The molecule has 0 aromatic carbocycles. The Morgan fingerprint density at radius 2 is 2.33 bits per heavy atom. The van der Waals surface area contributed by atoms with Crippen molar-refractivity contribution in [2.24, 2.45) is 0 Å². The van der Waals surface area contributed by atoms with E-state index in [1.807, 2.05) is 27.0 Å². The highest BCUT2D eigenvalue weighted by Crippen LogP contribution is 2.27. The van der Waals surface area contributed by atoms with E-state index in [9.17, 15) is 4.79 Å². The first-order chi connectivity index (χ1) is 7.04. The molecule has 0 saturated carbocycles. The summed E-state index contributed by atoms with van der Waals surface area (Å²) in [7, 11) is 1.88. The lowest BCUT2D eigenvalue weighted by molar-refractivity contribution is 0.0950. The number of hydrogen-bond acceptors (Lipinski definition) is 3. The summed E-state index contributed by atoms with van der Waals surface area (Å²) >= 11 is 4.96. The quantitative estimate of drug-likeness (QED) is 0.892. The van der Waals surface area contributed by atoms with Crippen LogP contribution in [0.5, 0.6) is 0 Å². The molecule has 0 aliphatic rings. The van der Waals surface area contributed by atoms with Gasteiger partial charge in [0.15, 0.2) is 0 Å². The average molecular weight is 291 g/mol. The molecular formula is C10H15BrN2OS. The van der Waals surface area contributed by atoms with Crippen molar-refractivity contribution in [1.29, 1.82) is 0 Å². The van der Waals surface area contributed by atoms with Crippen molar-refractivity contribution in [3.8, 4) is 0 Å². The van der Waals surface area contributed by atoms with E-state index in [4.69, 9.17) is 0 Å². The van der Waals surface area contributed by atoms with E-state index in [-0.39, 0.29) is 11.9 Å². The van der Waals surface area contributed by atoms with Crippen molar-refractivity contribution in [2.75, 3.05) is 13.6 Å². The lowest BCUT2D eigenvalue weighted by Crippen LogP contribution is -2.37. The van der Waals surface area contributed by atoms with Gasteiger partial charge in [-0.2, -0.15) is 0 Å². The molecule has 1 aromatic rings. The van der Waals surface area contributed by atoms with E-state index >= 15 is 0 Å². The van der Waals surface area contributed by atoms with Crippen molar-refractivity contribution in [3.63, 3.8) is 0 Å². The van der Waals surface area contributed by atoms with Crippen molar-refractivity contribution >= 4 is 33.2 Å². The zero-order chi connectivity index (χ0) is 11.4. The maximum atomic E-state index is 11.7. The Morgan fingerprint density at radius 3 is 2.80 bits per heavy atom. The fourth-order valence-corrected chi connectivity index (χ4v) is 2.87. The van der Waals surface area contributed by atoms with Crippen LogP contribution in [-0.4, -0.2) is 25.5 Å². The molecule has 3 nitrogen and oxygen atoms in total. The first kappa shape index (κ1) is 12.7.